The maximum absolute atomic E-state index is 12.8. The van der Waals surface area contributed by atoms with Crippen molar-refractivity contribution in [3.63, 3.8) is 0 Å². The summed E-state index contributed by atoms with van der Waals surface area (Å²) in [5.41, 5.74) is 0.559. The van der Waals surface area contributed by atoms with E-state index in [-0.39, 0.29) is 40.1 Å². The number of ether oxygens (including phenoxy) is 1. The van der Waals surface area contributed by atoms with Crippen LogP contribution in [-0.2, 0) is 4.74 Å². The molecular weight excluding hydrogens is 318 g/mol. The molecule has 0 atom stereocenters. The molecule has 0 bridgehead atoms. The molecular formula is C16H13NO5S. The number of carbonyl (C=O) groups is 1. The summed E-state index contributed by atoms with van der Waals surface area (Å²) in [6.07, 6.45) is 0. The highest BCUT2D eigenvalue weighted by Gasteiger charge is 2.25. The summed E-state index contributed by atoms with van der Waals surface area (Å²) in [5.74, 6) is -1.00. The minimum Gasteiger partial charge on any atom is -0.508 e. The average molecular weight is 331 g/mol. The lowest BCUT2D eigenvalue weighted by atomic mass is 10.1. The van der Waals surface area contributed by atoms with E-state index in [4.69, 9.17) is 9.15 Å². The number of benzene rings is 1. The molecule has 0 radical (unpaired) electrons. The summed E-state index contributed by atoms with van der Waals surface area (Å²) >= 11 is 1.25. The Morgan fingerprint density at radius 1 is 1.43 bits per heavy atom. The molecule has 1 aromatic carbocycles. The van der Waals surface area contributed by atoms with Crippen molar-refractivity contribution in [2.24, 2.45) is 0 Å². The molecule has 0 unspecified atom stereocenters. The van der Waals surface area contributed by atoms with Gasteiger partial charge in [0.05, 0.1) is 12.0 Å². The lowest BCUT2D eigenvalue weighted by Crippen LogP contribution is -2.14. The van der Waals surface area contributed by atoms with Crippen LogP contribution < -0.4 is 5.43 Å². The van der Waals surface area contributed by atoms with Crippen molar-refractivity contribution in [3.8, 4) is 16.3 Å². The summed E-state index contributed by atoms with van der Waals surface area (Å²) in [6, 6.07) is 4.13. The van der Waals surface area contributed by atoms with Crippen molar-refractivity contribution >= 4 is 28.3 Å². The first-order chi connectivity index (χ1) is 11.0. The highest BCUT2D eigenvalue weighted by Crippen LogP contribution is 2.29. The minimum absolute atomic E-state index is 0.0618. The summed E-state index contributed by atoms with van der Waals surface area (Å²) in [5, 5.41) is 12.0. The third kappa shape index (κ3) is 2.70. The Morgan fingerprint density at radius 2 is 2.22 bits per heavy atom. The first-order valence-corrected chi connectivity index (χ1v) is 7.78. The number of fused-ring (bicyclic) bond motifs is 1. The van der Waals surface area contributed by atoms with Crippen LogP contribution in [0.15, 0.2) is 32.8 Å². The van der Waals surface area contributed by atoms with Crippen LogP contribution in [0.5, 0.6) is 5.75 Å². The quantitative estimate of drug-likeness (QED) is 0.742. The van der Waals surface area contributed by atoms with E-state index in [1.165, 1.54) is 29.5 Å². The van der Waals surface area contributed by atoms with Crippen molar-refractivity contribution in [2.45, 2.75) is 13.8 Å². The predicted molar refractivity (Wildman–Crippen MR) is 86.0 cm³/mol. The largest absolute Gasteiger partial charge is 0.508 e. The third-order valence-corrected chi connectivity index (χ3v) is 4.15. The number of thiazole rings is 1. The standard InChI is InChI=1S/C16H13NO5S/c1-3-21-16(20)14-12(15-17-8(2)7-23-15)13(19)10-5-4-9(18)6-11(10)22-14/h4-7,18H,3H2,1-2H3. The number of aryl methyl sites for hydroxylation is 1. The number of aromatic nitrogens is 1. The van der Waals surface area contributed by atoms with Gasteiger partial charge in [0.1, 0.15) is 21.9 Å². The van der Waals surface area contributed by atoms with E-state index < -0.39 is 5.97 Å². The number of esters is 1. The maximum Gasteiger partial charge on any atom is 0.375 e. The fourth-order valence-corrected chi connectivity index (χ4v) is 3.02. The lowest BCUT2D eigenvalue weighted by molar-refractivity contribution is 0.0492. The molecule has 0 aliphatic carbocycles. The second-order valence-electron chi connectivity index (χ2n) is 4.83. The normalized spacial score (nSPS) is 10.9. The minimum atomic E-state index is -0.738. The summed E-state index contributed by atoms with van der Waals surface area (Å²) < 4.78 is 10.5. The maximum atomic E-state index is 12.8. The van der Waals surface area contributed by atoms with Gasteiger partial charge in [-0.3, -0.25) is 4.79 Å². The number of nitrogens with zero attached hydrogens (tertiary/aromatic N) is 1. The fourth-order valence-electron chi connectivity index (χ4n) is 2.19. The van der Waals surface area contributed by atoms with Gasteiger partial charge in [0.15, 0.2) is 0 Å². The van der Waals surface area contributed by atoms with Crippen LogP contribution in [0.3, 0.4) is 0 Å². The van der Waals surface area contributed by atoms with Crippen molar-refractivity contribution < 1.29 is 19.1 Å². The zero-order valence-corrected chi connectivity index (χ0v) is 13.3. The molecule has 6 nitrogen and oxygen atoms in total. The van der Waals surface area contributed by atoms with Gasteiger partial charge in [-0.25, -0.2) is 9.78 Å². The van der Waals surface area contributed by atoms with E-state index in [9.17, 15) is 14.7 Å². The molecule has 0 fully saturated rings. The Bertz CT molecular complexity index is 957. The first-order valence-electron chi connectivity index (χ1n) is 6.90. The van der Waals surface area contributed by atoms with Crippen LogP contribution in [0.2, 0.25) is 0 Å². The summed E-state index contributed by atoms with van der Waals surface area (Å²) in [7, 11) is 0. The van der Waals surface area contributed by atoms with Crippen molar-refractivity contribution in [2.75, 3.05) is 6.61 Å². The highest BCUT2D eigenvalue weighted by molar-refractivity contribution is 7.13. The van der Waals surface area contributed by atoms with Gasteiger partial charge in [0, 0.05) is 17.1 Å². The van der Waals surface area contributed by atoms with E-state index in [0.29, 0.717) is 5.01 Å². The zero-order chi connectivity index (χ0) is 16.6. The number of carbonyl (C=O) groups excluding carboxylic acids is 1. The molecule has 2 heterocycles. The molecule has 3 aromatic rings. The van der Waals surface area contributed by atoms with Crippen LogP contribution >= 0.6 is 11.3 Å². The van der Waals surface area contributed by atoms with Crippen LogP contribution in [-0.4, -0.2) is 22.7 Å². The Kier molecular flexibility index (Phi) is 3.87. The number of hydrogen-bond donors (Lipinski definition) is 1. The number of hydrogen-bond acceptors (Lipinski definition) is 7. The van der Waals surface area contributed by atoms with Crippen LogP contribution in [0.4, 0.5) is 0 Å². The topological polar surface area (TPSA) is 89.6 Å². The molecule has 0 aliphatic rings. The second-order valence-corrected chi connectivity index (χ2v) is 5.69. The molecule has 2 aromatic heterocycles. The number of phenolic OH excluding ortho intramolecular Hbond substituents is 1. The molecule has 0 saturated carbocycles. The van der Waals surface area contributed by atoms with Gasteiger partial charge >= 0.3 is 5.97 Å². The Morgan fingerprint density at radius 3 is 2.87 bits per heavy atom. The van der Waals surface area contributed by atoms with Gasteiger partial charge in [-0.15, -0.1) is 11.3 Å². The van der Waals surface area contributed by atoms with E-state index in [1.807, 2.05) is 0 Å². The molecule has 118 valence electrons. The highest BCUT2D eigenvalue weighted by atomic mass is 32.1. The van der Waals surface area contributed by atoms with Gasteiger partial charge in [-0.1, -0.05) is 0 Å². The number of phenols is 1. The zero-order valence-electron chi connectivity index (χ0n) is 12.5. The molecule has 0 amide bonds. The number of rotatable bonds is 3. The van der Waals surface area contributed by atoms with E-state index in [1.54, 1.807) is 19.2 Å². The third-order valence-electron chi connectivity index (χ3n) is 3.17. The van der Waals surface area contributed by atoms with Crippen molar-refractivity contribution in [3.05, 3.63) is 45.3 Å². The Labute approximate surface area is 135 Å². The lowest BCUT2D eigenvalue weighted by Gasteiger charge is -2.07. The molecule has 1 N–H and O–H groups in total. The predicted octanol–water partition coefficient (Wildman–Crippen LogP) is 3.11. The van der Waals surface area contributed by atoms with Gasteiger partial charge in [0.25, 0.3) is 0 Å². The smallest absolute Gasteiger partial charge is 0.375 e. The van der Waals surface area contributed by atoms with E-state index >= 15 is 0 Å². The molecule has 0 spiro atoms. The summed E-state index contributed by atoms with van der Waals surface area (Å²) in [4.78, 5) is 29.3. The van der Waals surface area contributed by atoms with E-state index in [0.717, 1.165) is 5.69 Å². The molecule has 3 rings (SSSR count). The van der Waals surface area contributed by atoms with Gasteiger partial charge in [0.2, 0.25) is 11.2 Å². The van der Waals surface area contributed by atoms with Crippen molar-refractivity contribution in [1.29, 1.82) is 0 Å². The molecule has 23 heavy (non-hydrogen) atoms. The SMILES string of the molecule is CCOC(=O)c1oc2cc(O)ccc2c(=O)c1-c1nc(C)cs1. The molecule has 7 heteroatoms. The Balaban J connectivity index is 2.37. The van der Waals surface area contributed by atoms with Crippen LogP contribution in [0, 0.1) is 6.92 Å². The van der Waals surface area contributed by atoms with Crippen LogP contribution in [0.1, 0.15) is 23.2 Å². The van der Waals surface area contributed by atoms with E-state index in [2.05, 4.69) is 4.98 Å². The molecule has 0 aliphatic heterocycles. The monoisotopic (exact) mass is 331 g/mol. The fraction of sp³-hybridized carbons (Fsp3) is 0.188. The van der Waals surface area contributed by atoms with Gasteiger partial charge in [-0.2, -0.15) is 0 Å². The first kappa shape index (κ1) is 15.2. The average Bonchev–Trinajstić information content (AvgIpc) is 2.93. The van der Waals surface area contributed by atoms with Crippen molar-refractivity contribution in [1.82, 2.24) is 4.98 Å². The van der Waals surface area contributed by atoms with Gasteiger partial charge in [-0.05, 0) is 26.0 Å². The number of aromatic hydroxyl groups is 1. The van der Waals surface area contributed by atoms with Gasteiger partial charge < -0.3 is 14.3 Å². The second kappa shape index (κ2) is 5.85. The van der Waals surface area contributed by atoms with Crippen LogP contribution in [0.25, 0.3) is 21.5 Å². The summed E-state index contributed by atoms with van der Waals surface area (Å²) in [6.45, 7) is 3.61. The Hall–Kier alpha value is -2.67. The molecule has 0 saturated heterocycles.